The highest BCUT2D eigenvalue weighted by atomic mass is 16.5. The summed E-state index contributed by atoms with van der Waals surface area (Å²) >= 11 is 0. The third-order valence-corrected chi connectivity index (χ3v) is 5.29. The minimum absolute atomic E-state index is 0.0325. The summed E-state index contributed by atoms with van der Waals surface area (Å²) in [7, 11) is 6.18. The zero-order chi connectivity index (χ0) is 21.4. The molecule has 4 aromatic rings. The Kier molecular flexibility index (Phi) is 4.91. The second kappa shape index (κ2) is 7.55. The molecule has 4 rings (SSSR count). The molecule has 6 nitrogen and oxygen atoms in total. The third-order valence-electron chi connectivity index (χ3n) is 5.29. The molecule has 154 valence electrons. The van der Waals surface area contributed by atoms with Crippen LogP contribution < -0.4 is 18.9 Å². The van der Waals surface area contributed by atoms with Crippen molar-refractivity contribution in [3.63, 3.8) is 0 Å². The van der Waals surface area contributed by atoms with Crippen molar-refractivity contribution >= 4 is 21.5 Å². The van der Waals surface area contributed by atoms with Crippen molar-refractivity contribution in [1.82, 2.24) is 0 Å². The minimum atomic E-state index is -0.0325. The van der Waals surface area contributed by atoms with E-state index in [-0.39, 0.29) is 11.5 Å². The lowest BCUT2D eigenvalue weighted by Crippen LogP contribution is -1.94. The summed E-state index contributed by atoms with van der Waals surface area (Å²) in [6.45, 7) is 0. The normalized spacial score (nSPS) is 10.9. The van der Waals surface area contributed by atoms with Crippen LogP contribution in [0.25, 0.3) is 32.7 Å². The molecular formula is C24H22O6. The van der Waals surface area contributed by atoms with Gasteiger partial charge in [0.25, 0.3) is 0 Å². The predicted molar refractivity (Wildman–Crippen MR) is 116 cm³/mol. The number of rotatable bonds is 5. The molecule has 0 aliphatic heterocycles. The maximum atomic E-state index is 11.2. The number of benzene rings is 4. The first-order valence-corrected chi connectivity index (χ1v) is 9.29. The first-order valence-electron chi connectivity index (χ1n) is 9.29. The zero-order valence-corrected chi connectivity index (χ0v) is 17.1. The summed E-state index contributed by atoms with van der Waals surface area (Å²) in [4.78, 5) is 0. The largest absolute Gasteiger partial charge is 0.507 e. The van der Waals surface area contributed by atoms with Crippen LogP contribution in [0.4, 0.5) is 0 Å². The van der Waals surface area contributed by atoms with Gasteiger partial charge in [-0.1, -0.05) is 24.3 Å². The number of aromatic hydroxyl groups is 2. The number of hydrogen-bond acceptors (Lipinski definition) is 6. The van der Waals surface area contributed by atoms with E-state index in [0.717, 1.165) is 0 Å². The molecule has 0 unspecified atom stereocenters. The quantitative estimate of drug-likeness (QED) is 0.480. The van der Waals surface area contributed by atoms with E-state index in [2.05, 4.69) is 0 Å². The highest BCUT2D eigenvalue weighted by Gasteiger charge is 2.22. The zero-order valence-electron chi connectivity index (χ0n) is 17.1. The first kappa shape index (κ1) is 19.5. The first-order chi connectivity index (χ1) is 14.5. The lowest BCUT2D eigenvalue weighted by atomic mass is 9.94. The Balaban J connectivity index is 2.15. The number of phenolic OH excluding ortho intramolecular Hbond substituents is 2. The maximum absolute atomic E-state index is 11.2. The van der Waals surface area contributed by atoms with E-state index in [4.69, 9.17) is 18.9 Å². The summed E-state index contributed by atoms with van der Waals surface area (Å²) in [5, 5.41) is 24.8. The molecule has 0 heterocycles. The van der Waals surface area contributed by atoms with Gasteiger partial charge in [0.05, 0.1) is 39.2 Å². The molecule has 0 spiro atoms. The predicted octanol–water partition coefficient (Wildman–Crippen LogP) is 5.11. The highest BCUT2D eigenvalue weighted by molar-refractivity contribution is 6.07. The Labute approximate surface area is 173 Å². The SMILES string of the molecule is COc1cc(-c2cc(OC)c3cccc(OC)c3c2O)c(O)c2c(OC)cccc12. The molecule has 4 aromatic carbocycles. The van der Waals surface area contributed by atoms with Gasteiger partial charge in [0.1, 0.15) is 34.5 Å². The molecule has 0 radical (unpaired) electrons. The smallest absolute Gasteiger partial charge is 0.135 e. The van der Waals surface area contributed by atoms with Crippen LogP contribution in [0, 0.1) is 0 Å². The standard InChI is InChI=1S/C24H22O6/c1-27-17-9-5-7-13-19(29-3)11-15(23(25)21(13)17)16-12-20(30-4)14-8-6-10-18(28-2)22(14)24(16)26/h5-12,25-26H,1-4H3. The van der Waals surface area contributed by atoms with Crippen LogP contribution in [0.1, 0.15) is 0 Å². The van der Waals surface area contributed by atoms with Crippen molar-refractivity contribution in [2.45, 2.75) is 0 Å². The fourth-order valence-electron chi connectivity index (χ4n) is 3.87. The summed E-state index contributed by atoms with van der Waals surface area (Å²) in [6, 6.07) is 14.2. The minimum Gasteiger partial charge on any atom is -0.507 e. The average molecular weight is 406 g/mol. The second-order valence-electron chi connectivity index (χ2n) is 6.72. The average Bonchev–Trinajstić information content (AvgIpc) is 2.79. The van der Waals surface area contributed by atoms with Crippen molar-refractivity contribution in [1.29, 1.82) is 0 Å². The molecule has 0 fully saturated rings. The summed E-state index contributed by atoms with van der Waals surface area (Å²) in [6.07, 6.45) is 0. The van der Waals surface area contributed by atoms with E-state index in [1.165, 1.54) is 14.2 Å². The van der Waals surface area contributed by atoms with Crippen LogP contribution in [0.3, 0.4) is 0 Å². The third kappa shape index (κ3) is 2.80. The summed E-state index contributed by atoms with van der Waals surface area (Å²) in [5.41, 5.74) is 0.764. The Morgan fingerprint density at radius 3 is 1.23 bits per heavy atom. The molecule has 30 heavy (non-hydrogen) atoms. The van der Waals surface area contributed by atoms with Gasteiger partial charge in [0.15, 0.2) is 0 Å². The second-order valence-corrected chi connectivity index (χ2v) is 6.72. The molecule has 0 saturated carbocycles. The lowest BCUT2D eigenvalue weighted by Gasteiger charge is -2.18. The molecule has 6 heteroatoms. The Morgan fingerprint density at radius 2 is 0.900 bits per heavy atom. The van der Waals surface area contributed by atoms with Gasteiger partial charge in [0, 0.05) is 21.9 Å². The summed E-state index contributed by atoms with van der Waals surface area (Å²) in [5.74, 6) is 2.00. The molecule has 2 N–H and O–H groups in total. The molecule has 0 aliphatic carbocycles. The van der Waals surface area contributed by atoms with E-state index < -0.39 is 0 Å². The molecular weight excluding hydrogens is 384 g/mol. The number of phenols is 2. The van der Waals surface area contributed by atoms with Gasteiger partial charge < -0.3 is 29.2 Å². The van der Waals surface area contributed by atoms with Crippen molar-refractivity contribution in [3.8, 4) is 45.6 Å². The van der Waals surface area contributed by atoms with E-state index in [0.29, 0.717) is 55.7 Å². The van der Waals surface area contributed by atoms with Crippen molar-refractivity contribution in [2.24, 2.45) is 0 Å². The van der Waals surface area contributed by atoms with Gasteiger partial charge in [-0.15, -0.1) is 0 Å². The van der Waals surface area contributed by atoms with Gasteiger partial charge in [-0.3, -0.25) is 0 Å². The Bertz CT molecular complexity index is 1160. The van der Waals surface area contributed by atoms with Crippen LogP contribution in [0.15, 0.2) is 48.5 Å². The highest BCUT2D eigenvalue weighted by Crippen LogP contribution is 2.51. The van der Waals surface area contributed by atoms with Crippen LogP contribution in [-0.2, 0) is 0 Å². The number of ether oxygens (including phenoxy) is 4. The van der Waals surface area contributed by atoms with Crippen molar-refractivity contribution < 1.29 is 29.2 Å². The van der Waals surface area contributed by atoms with E-state index in [1.54, 1.807) is 38.5 Å². The molecule has 0 atom stereocenters. The Hall–Kier alpha value is -3.80. The van der Waals surface area contributed by atoms with Gasteiger partial charge in [-0.05, 0) is 24.3 Å². The topological polar surface area (TPSA) is 77.4 Å². The number of hydrogen-bond donors (Lipinski definition) is 2. The fraction of sp³-hybridized carbons (Fsp3) is 0.167. The molecule has 0 aromatic heterocycles. The van der Waals surface area contributed by atoms with Crippen LogP contribution in [0.5, 0.6) is 34.5 Å². The number of fused-ring (bicyclic) bond motifs is 2. The maximum Gasteiger partial charge on any atom is 0.135 e. The Morgan fingerprint density at radius 1 is 0.533 bits per heavy atom. The lowest BCUT2D eigenvalue weighted by molar-refractivity contribution is 0.409. The van der Waals surface area contributed by atoms with Gasteiger partial charge in [-0.2, -0.15) is 0 Å². The molecule has 0 amide bonds. The van der Waals surface area contributed by atoms with E-state index in [9.17, 15) is 10.2 Å². The van der Waals surface area contributed by atoms with Crippen LogP contribution in [0.2, 0.25) is 0 Å². The molecule has 0 aliphatic rings. The van der Waals surface area contributed by atoms with Crippen LogP contribution in [-0.4, -0.2) is 38.7 Å². The monoisotopic (exact) mass is 406 g/mol. The van der Waals surface area contributed by atoms with E-state index >= 15 is 0 Å². The van der Waals surface area contributed by atoms with Crippen molar-refractivity contribution in [3.05, 3.63) is 48.5 Å². The summed E-state index contributed by atoms with van der Waals surface area (Å²) < 4.78 is 22.1. The van der Waals surface area contributed by atoms with Gasteiger partial charge >= 0.3 is 0 Å². The van der Waals surface area contributed by atoms with Crippen LogP contribution >= 0.6 is 0 Å². The van der Waals surface area contributed by atoms with Gasteiger partial charge in [-0.25, -0.2) is 0 Å². The van der Waals surface area contributed by atoms with E-state index in [1.807, 2.05) is 24.3 Å². The molecule has 0 bridgehead atoms. The van der Waals surface area contributed by atoms with Crippen molar-refractivity contribution in [2.75, 3.05) is 28.4 Å². The number of methoxy groups -OCH3 is 4. The fourth-order valence-corrected chi connectivity index (χ4v) is 3.87. The van der Waals surface area contributed by atoms with Gasteiger partial charge in [0.2, 0.25) is 0 Å². The molecule has 0 saturated heterocycles.